The molecule has 2 aliphatic rings. The van der Waals surface area contributed by atoms with Crippen molar-refractivity contribution in [3.05, 3.63) is 29.8 Å². The Bertz CT molecular complexity index is 471. The summed E-state index contributed by atoms with van der Waals surface area (Å²) in [5, 5.41) is 12.7. The van der Waals surface area contributed by atoms with E-state index in [4.69, 9.17) is 5.26 Å². The van der Waals surface area contributed by atoms with Gasteiger partial charge in [-0.25, -0.2) is 0 Å². The summed E-state index contributed by atoms with van der Waals surface area (Å²) in [6.45, 7) is 2.28. The third kappa shape index (κ3) is 2.59. The predicted molar refractivity (Wildman–Crippen MR) is 77.2 cm³/mol. The number of anilines is 1. The molecule has 0 amide bonds. The van der Waals surface area contributed by atoms with Crippen LogP contribution in [-0.4, -0.2) is 25.2 Å². The summed E-state index contributed by atoms with van der Waals surface area (Å²) in [5.74, 6) is 0. The van der Waals surface area contributed by atoms with Crippen LogP contribution in [0.4, 0.5) is 5.69 Å². The molecule has 3 nitrogen and oxygen atoms in total. The van der Waals surface area contributed by atoms with E-state index in [-0.39, 0.29) is 0 Å². The van der Waals surface area contributed by atoms with Crippen molar-refractivity contribution < 1.29 is 0 Å². The first-order valence-corrected chi connectivity index (χ1v) is 7.39. The molecule has 0 radical (unpaired) electrons. The van der Waals surface area contributed by atoms with Crippen molar-refractivity contribution in [1.29, 1.82) is 5.26 Å². The minimum absolute atomic E-state index is 0.602. The number of nitrogens with zero attached hydrogens (tertiary/aromatic N) is 2. The maximum absolute atomic E-state index is 9.06. The van der Waals surface area contributed by atoms with Gasteiger partial charge in [-0.1, -0.05) is 6.07 Å². The lowest BCUT2D eigenvalue weighted by atomic mass is 9.93. The first kappa shape index (κ1) is 12.5. The van der Waals surface area contributed by atoms with Crippen molar-refractivity contribution in [2.45, 2.75) is 44.2 Å². The van der Waals surface area contributed by atoms with Gasteiger partial charge in [0.1, 0.15) is 0 Å². The predicted octanol–water partition coefficient (Wildman–Crippen LogP) is 2.67. The first-order valence-electron chi connectivity index (χ1n) is 7.39. The third-order valence-corrected chi connectivity index (χ3v) is 4.42. The van der Waals surface area contributed by atoms with Crippen molar-refractivity contribution in [3.63, 3.8) is 0 Å². The number of hydrogen-bond donors (Lipinski definition) is 1. The lowest BCUT2D eigenvalue weighted by Crippen LogP contribution is -2.50. The lowest BCUT2D eigenvalue weighted by Gasteiger charge is -2.41. The van der Waals surface area contributed by atoms with Gasteiger partial charge in [-0.05, 0) is 56.8 Å². The smallest absolute Gasteiger partial charge is 0.0992 e. The molecule has 3 heteroatoms. The number of piperidine rings is 1. The minimum Gasteiger partial charge on any atom is -0.367 e. The summed E-state index contributed by atoms with van der Waals surface area (Å²) in [6.07, 6.45) is 6.46. The number of hydrogen-bond acceptors (Lipinski definition) is 3. The number of benzene rings is 1. The molecule has 2 fully saturated rings. The van der Waals surface area contributed by atoms with E-state index in [1.807, 2.05) is 18.2 Å². The highest BCUT2D eigenvalue weighted by atomic mass is 15.2. The highest BCUT2D eigenvalue weighted by Gasteiger charge is 2.31. The molecular formula is C16H21N3. The van der Waals surface area contributed by atoms with Crippen LogP contribution in [0.3, 0.4) is 0 Å². The van der Waals surface area contributed by atoms with Crippen molar-refractivity contribution >= 4 is 5.69 Å². The van der Waals surface area contributed by atoms with Crippen LogP contribution in [0.25, 0.3) is 0 Å². The molecule has 0 saturated carbocycles. The number of nitriles is 1. The van der Waals surface area contributed by atoms with Gasteiger partial charge in [-0.3, -0.25) is 0 Å². The Balaban J connectivity index is 1.84. The second-order valence-electron chi connectivity index (χ2n) is 5.62. The molecule has 2 aliphatic heterocycles. The Kier molecular flexibility index (Phi) is 3.70. The zero-order valence-electron chi connectivity index (χ0n) is 11.3. The SMILES string of the molecule is N#Cc1cccc(N2CCCCC2C2CCCN2)c1. The van der Waals surface area contributed by atoms with Gasteiger partial charge in [-0.15, -0.1) is 0 Å². The number of rotatable bonds is 2. The largest absolute Gasteiger partial charge is 0.367 e. The number of nitrogens with one attached hydrogen (secondary N) is 1. The van der Waals surface area contributed by atoms with Gasteiger partial charge in [-0.2, -0.15) is 5.26 Å². The first-order chi connectivity index (χ1) is 9.38. The fraction of sp³-hybridized carbons (Fsp3) is 0.562. The van der Waals surface area contributed by atoms with Crippen LogP contribution < -0.4 is 10.2 Å². The summed E-state index contributed by atoms with van der Waals surface area (Å²) in [6, 6.07) is 11.5. The summed E-state index contributed by atoms with van der Waals surface area (Å²) >= 11 is 0. The molecule has 3 rings (SSSR count). The van der Waals surface area contributed by atoms with Gasteiger partial charge in [0.25, 0.3) is 0 Å². The highest BCUT2D eigenvalue weighted by Crippen LogP contribution is 2.29. The van der Waals surface area contributed by atoms with Crippen LogP contribution in [-0.2, 0) is 0 Å². The van der Waals surface area contributed by atoms with E-state index in [1.54, 1.807) is 0 Å². The summed E-state index contributed by atoms with van der Waals surface area (Å²) in [7, 11) is 0. The fourth-order valence-corrected chi connectivity index (χ4v) is 3.49. The Morgan fingerprint density at radius 2 is 2.16 bits per heavy atom. The molecule has 0 bridgehead atoms. The zero-order chi connectivity index (χ0) is 13.1. The Labute approximate surface area is 115 Å². The molecule has 100 valence electrons. The fourth-order valence-electron chi connectivity index (χ4n) is 3.49. The van der Waals surface area contributed by atoms with Crippen molar-refractivity contribution in [3.8, 4) is 6.07 Å². The van der Waals surface area contributed by atoms with E-state index in [1.165, 1.54) is 37.8 Å². The van der Waals surface area contributed by atoms with Gasteiger partial charge in [0.15, 0.2) is 0 Å². The van der Waals surface area contributed by atoms with E-state index in [0.717, 1.165) is 18.7 Å². The summed E-state index contributed by atoms with van der Waals surface area (Å²) in [4.78, 5) is 2.52. The van der Waals surface area contributed by atoms with E-state index < -0.39 is 0 Å². The Hall–Kier alpha value is -1.53. The van der Waals surface area contributed by atoms with E-state index in [2.05, 4.69) is 22.4 Å². The van der Waals surface area contributed by atoms with E-state index in [0.29, 0.717) is 12.1 Å². The topological polar surface area (TPSA) is 39.1 Å². The Morgan fingerprint density at radius 3 is 2.95 bits per heavy atom. The molecule has 0 aromatic heterocycles. The molecule has 2 heterocycles. The van der Waals surface area contributed by atoms with Crippen LogP contribution in [0.15, 0.2) is 24.3 Å². The van der Waals surface area contributed by atoms with Crippen LogP contribution in [0.1, 0.15) is 37.7 Å². The van der Waals surface area contributed by atoms with Gasteiger partial charge in [0.2, 0.25) is 0 Å². The van der Waals surface area contributed by atoms with Gasteiger partial charge < -0.3 is 10.2 Å². The average Bonchev–Trinajstić information content (AvgIpc) is 3.01. The Morgan fingerprint density at radius 1 is 1.21 bits per heavy atom. The molecule has 19 heavy (non-hydrogen) atoms. The van der Waals surface area contributed by atoms with E-state index >= 15 is 0 Å². The van der Waals surface area contributed by atoms with E-state index in [9.17, 15) is 0 Å². The maximum Gasteiger partial charge on any atom is 0.0992 e. The third-order valence-electron chi connectivity index (χ3n) is 4.42. The lowest BCUT2D eigenvalue weighted by molar-refractivity contribution is 0.378. The maximum atomic E-state index is 9.06. The van der Waals surface area contributed by atoms with Crippen molar-refractivity contribution in [2.75, 3.05) is 18.0 Å². The highest BCUT2D eigenvalue weighted by molar-refractivity contribution is 5.53. The normalized spacial score (nSPS) is 27.2. The molecule has 2 atom stereocenters. The molecule has 1 N–H and O–H groups in total. The van der Waals surface area contributed by atoms with Crippen molar-refractivity contribution in [2.24, 2.45) is 0 Å². The molecular weight excluding hydrogens is 234 g/mol. The van der Waals surface area contributed by atoms with Gasteiger partial charge in [0.05, 0.1) is 11.6 Å². The zero-order valence-corrected chi connectivity index (χ0v) is 11.3. The van der Waals surface area contributed by atoms with Crippen LogP contribution in [0, 0.1) is 11.3 Å². The molecule has 2 unspecified atom stereocenters. The second kappa shape index (κ2) is 5.63. The van der Waals surface area contributed by atoms with Crippen LogP contribution in [0.2, 0.25) is 0 Å². The molecule has 2 saturated heterocycles. The average molecular weight is 255 g/mol. The van der Waals surface area contributed by atoms with Crippen LogP contribution >= 0.6 is 0 Å². The quantitative estimate of drug-likeness (QED) is 0.883. The van der Waals surface area contributed by atoms with Crippen LogP contribution in [0.5, 0.6) is 0 Å². The molecule has 0 spiro atoms. The summed E-state index contributed by atoms with van der Waals surface area (Å²) in [5.41, 5.74) is 1.98. The monoisotopic (exact) mass is 255 g/mol. The standard InChI is InChI=1S/C16H21N3/c17-12-13-5-3-6-14(11-13)19-10-2-1-8-16(19)15-7-4-9-18-15/h3,5-6,11,15-16,18H,1-2,4,7-10H2. The van der Waals surface area contributed by atoms with Gasteiger partial charge in [0, 0.05) is 24.3 Å². The second-order valence-corrected chi connectivity index (χ2v) is 5.62. The molecule has 0 aliphatic carbocycles. The summed E-state index contributed by atoms with van der Waals surface area (Å²) < 4.78 is 0. The molecule has 1 aromatic rings. The molecule has 1 aromatic carbocycles. The van der Waals surface area contributed by atoms with Crippen molar-refractivity contribution in [1.82, 2.24) is 5.32 Å². The van der Waals surface area contributed by atoms with Gasteiger partial charge >= 0.3 is 0 Å². The minimum atomic E-state index is 0.602.